The minimum absolute atomic E-state index is 0.703. The normalized spacial score (nSPS) is 10.9. The Morgan fingerprint density at radius 3 is 2.13 bits per heavy atom. The van der Waals surface area contributed by atoms with E-state index in [1.165, 1.54) is 5.56 Å². The Morgan fingerprint density at radius 1 is 0.957 bits per heavy atom. The number of allylic oxidation sites excluding steroid dienone is 2. The zero-order valence-corrected chi connectivity index (χ0v) is 14.0. The van der Waals surface area contributed by atoms with Gasteiger partial charge in [-0.25, -0.2) is 0 Å². The lowest BCUT2D eigenvalue weighted by Crippen LogP contribution is -2.30. The smallest absolute Gasteiger partial charge is 0.110 e. The highest BCUT2D eigenvalue weighted by Gasteiger charge is 2.14. The van der Waals surface area contributed by atoms with Crippen molar-refractivity contribution in [3.63, 3.8) is 0 Å². The zero-order chi connectivity index (χ0) is 16.5. The van der Waals surface area contributed by atoms with Crippen LogP contribution in [-0.2, 0) is 6.54 Å². The molecule has 0 N–H and O–H groups in total. The maximum atomic E-state index is 5.77. The summed E-state index contributed by atoms with van der Waals surface area (Å²) in [5.74, 6) is 0. The first-order chi connectivity index (χ1) is 11.3. The van der Waals surface area contributed by atoms with E-state index in [4.69, 9.17) is 12.2 Å². The quantitative estimate of drug-likeness (QED) is 0.296. The van der Waals surface area contributed by atoms with Crippen LogP contribution >= 0.6 is 12.2 Å². The molecule has 0 saturated carbocycles. The van der Waals surface area contributed by atoms with Crippen LogP contribution in [-0.4, -0.2) is 16.4 Å². The Balaban J connectivity index is 2.29. The third-order valence-corrected chi connectivity index (χ3v) is 3.93. The van der Waals surface area contributed by atoms with Crippen molar-refractivity contribution >= 4 is 22.8 Å². The van der Waals surface area contributed by atoms with E-state index in [2.05, 4.69) is 42.3 Å². The molecule has 0 amide bonds. The predicted molar refractivity (Wildman–Crippen MR) is 104 cm³/mol. The molecule has 116 valence electrons. The van der Waals surface area contributed by atoms with Gasteiger partial charge in [0.2, 0.25) is 0 Å². The number of hydrogen-bond donors (Lipinski definition) is 0. The van der Waals surface area contributed by atoms with Gasteiger partial charge in [0.15, 0.2) is 0 Å². The van der Waals surface area contributed by atoms with Crippen molar-refractivity contribution in [3.8, 4) is 0 Å². The van der Waals surface area contributed by atoms with E-state index in [0.29, 0.717) is 6.54 Å². The Morgan fingerprint density at radius 2 is 1.57 bits per heavy atom. The molecule has 0 aliphatic carbocycles. The molecule has 0 aromatic heterocycles. The highest BCUT2D eigenvalue weighted by atomic mass is 32.1. The summed E-state index contributed by atoms with van der Waals surface area (Å²) in [6, 6.07) is 20.5. The number of benzene rings is 2. The van der Waals surface area contributed by atoms with Crippen LogP contribution < -0.4 is 0 Å². The van der Waals surface area contributed by atoms with E-state index in [9.17, 15) is 0 Å². The van der Waals surface area contributed by atoms with Gasteiger partial charge in [0.25, 0.3) is 0 Å². The largest absolute Gasteiger partial charge is 0.354 e. The monoisotopic (exact) mass is 319 g/mol. The Hall–Kier alpha value is -2.45. The van der Waals surface area contributed by atoms with Crippen LogP contribution in [0, 0.1) is 0 Å². The summed E-state index contributed by atoms with van der Waals surface area (Å²) in [4.78, 5) is 2.96. The molecule has 2 rings (SSSR count). The van der Waals surface area contributed by atoms with Gasteiger partial charge in [0.05, 0.1) is 0 Å². The summed E-state index contributed by atoms with van der Waals surface area (Å²) >= 11 is 5.77. The molecular weight excluding hydrogens is 298 g/mol. The maximum Gasteiger partial charge on any atom is 0.110 e. The Kier molecular flexibility index (Phi) is 6.52. The second kappa shape index (κ2) is 8.86. The molecule has 0 bridgehead atoms. The molecule has 0 fully saturated rings. The van der Waals surface area contributed by atoms with Crippen LogP contribution in [0.2, 0.25) is 0 Å². The minimum atomic E-state index is 0.703. The van der Waals surface area contributed by atoms with Gasteiger partial charge in [-0.15, -0.1) is 6.58 Å². The molecule has 0 spiro atoms. The lowest BCUT2D eigenvalue weighted by Gasteiger charge is -2.26. The van der Waals surface area contributed by atoms with Crippen LogP contribution in [0.1, 0.15) is 11.1 Å². The molecule has 0 aliphatic heterocycles. The third kappa shape index (κ3) is 4.76. The molecule has 0 unspecified atom stereocenters. The lowest BCUT2D eigenvalue weighted by atomic mass is 10.0. The van der Waals surface area contributed by atoms with E-state index in [-0.39, 0.29) is 0 Å². The van der Waals surface area contributed by atoms with Crippen LogP contribution in [0.5, 0.6) is 0 Å². The topological polar surface area (TPSA) is 3.24 Å². The van der Waals surface area contributed by atoms with Crippen molar-refractivity contribution in [1.82, 2.24) is 4.90 Å². The average Bonchev–Trinajstić information content (AvgIpc) is 2.60. The second-order valence-electron chi connectivity index (χ2n) is 5.14. The van der Waals surface area contributed by atoms with E-state index < -0.39 is 0 Å². The first-order valence-electron chi connectivity index (χ1n) is 7.58. The van der Waals surface area contributed by atoms with Gasteiger partial charge >= 0.3 is 0 Å². The highest BCUT2D eigenvalue weighted by Crippen LogP contribution is 2.20. The summed E-state index contributed by atoms with van der Waals surface area (Å²) in [6.45, 7) is 9.15. The SMILES string of the molecule is C=C/C=C(/C(=S)N(CC=C)Cc1ccccc1)c1ccccc1. The van der Waals surface area contributed by atoms with Gasteiger partial charge in [-0.2, -0.15) is 0 Å². The fourth-order valence-electron chi connectivity index (χ4n) is 2.38. The van der Waals surface area contributed by atoms with Crippen molar-refractivity contribution in [2.75, 3.05) is 6.54 Å². The molecule has 2 heteroatoms. The van der Waals surface area contributed by atoms with Gasteiger partial charge in [0.1, 0.15) is 4.99 Å². The van der Waals surface area contributed by atoms with Crippen LogP contribution in [0.3, 0.4) is 0 Å². The molecular formula is C21H21NS. The Labute approximate surface area is 144 Å². The molecule has 0 radical (unpaired) electrons. The van der Waals surface area contributed by atoms with Crippen molar-refractivity contribution < 1.29 is 0 Å². The van der Waals surface area contributed by atoms with Gasteiger partial charge in [-0.05, 0) is 11.1 Å². The standard InChI is InChI=1S/C21H21NS/c1-3-11-20(19-14-9-6-10-15-19)21(23)22(16-4-2)17-18-12-7-5-8-13-18/h3-15H,1-2,16-17H2/b20-11+. The number of thiocarbonyl (C=S) groups is 1. The van der Waals surface area contributed by atoms with Crippen molar-refractivity contribution in [3.05, 3.63) is 103 Å². The number of hydrogen-bond acceptors (Lipinski definition) is 1. The van der Waals surface area contributed by atoms with Gasteiger partial charge in [-0.1, -0.05) is 97.7 Å². The van der Waals surface area contributed by atoms with E-state index >= 15 is 0 Å². The fourth-order valence-corrected chi connectivity index (χ4v) is 2.70. The molecule has 0 saturated heterocycles. The van der Waals surface area contributed by atoms with Gasteiger partial charge < -0.3 is 4.90 Å². The molecule has 23 heavy (non-hydrogen) atoms. The highest BCUT2D eigenvalue weighted by molar-refractivity contribution is 7.81. The van der Waals surface area contributed by atoms with Crippen molar-refractivity contribution in [1.29, 1.82) is 0 Å². The van der Waals surface area contributed by atoms with Crippen molar-refractivity contribution in [2.45, 2.75) is 6.54 Å². The maximum absolute atomic E-state index is 5.77. The molecule has 0 heterocycles. The fraction of sp³-hybridized carbons (Fsp3) is 0.0952. The molecule has 1 nitrogen and oxygen atoms in total. The number of rotatable bonds is 7. The summed E-state index contributed by atoms with van der Waals surface area (Å²) < 4.78 is 0. The number of nitrogens with zero attached hydrogens (tertiary/aromatic N) is 1. The van der Waals surface area contributed by atoms with E-state index in [0.717, 1.165) is 22.7 Å². The molecule has 2 aromatic carbocycles. The first kappa shape index (κ1) is 16.9. The minimum Gasteiger partial charge on any atom is -0.354 e. The lowest BCUT2D eigenvalue weighted by molar-refractivity contribution is 0.468. The van der Waals surface area contributed by atoms with Crippen LogP contribution in [0.15, 0.2) is 92.0 Å². The summed E-state index contributed by atoms with van der Waals surface area (Å²) in [5.41, 5.74) is 3.33. The third-order valence-electron chi connectivity index (χ3n) is 3.45. The van der Waals surface area contributed by atoms with Gasteiger partial charge in [0, 0.05) is 18.7 Å². The van der Waals surface area contributed by atoms with Crippen molar-refractivity contribution in [2.24, 2.45) is 0 Å². The average molecular weight is 319 g/mol. The van der Waals surface area contributed by atoms with Gasteiger partial charge in [-0.3, -0.25) is 0 Å². The van der Waals surface area contributed by atoms with E-state index in [1.54, 1.807) is 6.08 Å². The summed E-state index contributed by atoms with van der Waals surface area (Å²) in [7, 11) is 0. The second-order valence-corrected chi connectivity index (χ2v) is 5.53. The molecule has 0 aliphatic rings. The Bertz CT molecular complexity index is 686. The van der Waals surface area contributed by atoms with Crippen LogP contribution in [0.25, 0.3) is 5.57 Å². The molecule has 2 aromatic rings. The van der Waals surface area contributed by atoms with E-state index in [1.807, 2.05) is 48.6 Å². The van der Waals surface area contributed by atoms with Crippen LogP contribution in [0.4, 0.5) is 0 Å². The molecule has 0 atom stereocenters. The summed E-state index contributed by atoms with van der Waals surface area (Å²) in [6.07, 6.45) is 5.63. The predicted octanol–water partition coefficient (Wildman–Crippen LogP) is 5.27. The summed E-state index contributed by atoms with van der Waals surface area (Å²) in [5, 5.41) is 0. The zero-order valence-electron chi connectivity index (χ0n) is 13.2. The first-order valence-corrected chi connectivity index (χ1v) is 7.99.